The van der Waals surface area contributed by atoms with Gasteiger partial charge in [0.25, 0.3) is 0 Å². The zero-order chi connectivity index (χ0) is 20.1. The molecule has 1 N–H and O–H groups in total. The highest BCUT2D eigenvalue weighted by molar-refractivity contribution is 14.1. The number of hydrogen-bond acceptors (Lipinski definition) is 3. The molecule has 0 saturated heterocycles. The van der Waals surface area contributed by atoms with Crippen molar-refractivity contribution < 1.29 is 13.9 Å². The predicted octanol–water partition coefficient (Wildman–Crippen LogP) is 6.94. The molecular formula is C21H17Cl2FINO2. The van der Waals surface area contributed by atoms with Gasteiger partial charge in [-0.3, -0.25) is 0 Å². The molecule has 146 valence electrons. The Kier molecular flexibility index (Phi) is 7.26. The molecule has 3 nitrogen and oxygen atoms in total. The van der Waals surface area contributed by atoms with Gasteiger partial charge in [0.1, 0.15) is 12.4 Å². The first-order valence-electron chi connectivity index (χ1n) is 8.39. The van der Waals surface area contributed by atoms with Gasteiger partial charge in [0.05, 0.1) is 20.7 Å². The van der Waals surface area contributed by atoms with Crippen molar-refractivity contribution in [1.29, 1.82) is 0 Å². The van der Waals surface area contributed by atoms with E-state index in [1.165, 1.54) is 12.1 Å². The first kappa shape index (κ1) is 21.0. The quantitative estimate of drug-likeness (QED) is 0.335. The largest absolute Gasteiger partial charge is 0.493 e. The third-order valence-corrected chi connectivity index (χ3v) is 5.54. The van der Waals surface area contributed by atoms with Crippen molar-refractivity contribution in [2.45, 2.75) is 13.2 Å². The van der Waals surface area contributed by atoms with Crippen LogP contribution in [-0.2, 0) is 13.2 Å². The normalized spacial score (nSPS) is 10.6. The molecule has 0 atom stereocenters. The summed E-state index contributed by atoms with van der Waals surface area (Å²) in [4.78, 5) is 0. The van der Waals surface area contributed by atoms with Crippen molar-refractivity contribution >= 4 is 51.5 Å². The number of ether oxygens (including phenoxy) is 2. The number of methoxy groups -OCH3 is 1. The van der Waals surface area contributed by atoms with E-state index >= 15 is 0 Å². The van der Waals surface area contributed by atoms with Gasteiger partial charge in [-0.25, -0.2) is 4.39 Å². The number of rotatable bonds is 7. The third-order valence-electron chi connectivity index (χ3n) is 4.00. The zero-order valence-electron chi connectivity index (χ0n) is 14.9. The average Bonchev–Trinajstić information content (AvgIpc) is 2.69. The van der Waals surface area contributed by atoms with Crippen molar-refractivity contribution in [3.8, 4) is 11.5 Å². The van der Waals surface area contributed by atoms with E-state index in [0.29, 0.717) is 34.7 Å². The van der Waals surface area contributed by atoms with Gasteiger partial charge in [-0.2, -0.15) is 0 Å². The molecule has 0 unspecified atom stereocenters. The summed E-state index contributed by atoms with van der Waals surface area (Å²) in [6.45, 7) is 0.913. The van der Waals surface area contributed by atoms with Gasteiger partial charge in [0.15, 0.2) is 11.5 Å². The van der Waals surface area contributed by atoms with Gasteiger partial charge < -0.3 is 14.8 Å². The van der Waals surface area contributed by atoms with E-state index in [1.807, 2.05) is 18.2 Å². The second-order valence-electron chi connectivity index (χ2n) is 6.01. The van der Waals surface area contributed by atoms with Crippen molar-refractivity contribution in [2.24, 2.45) is 0 Å². The summed E-state index contributed by atoms with van der Waals surface area (Å²) in [7, 11) is 1.60. The molecule has 0 aliphatic heterocycles. The fourth-order valence-corrected chi connectivity index (χ4v) is 3.68. The molecule has 28 heavy (non-hydrogen) atoms. The molecule has 3 aromatic rings. The van der Waals surface area contributed by atoms with E-state index in [9.17, 15) is 4.39 Å². The molecule has 0 aliphatic carbocycles. The molecule has 3 rings (SSSR count). The molecule has 7 heteroatoms. The Hall–Kier alpha value is -1.70. The average molecular weight is 532 g/mol. The summed E-state index contributed by atoms with van der Waals surface area (Å²) < 4.78 is 25.4. The maximum atomic E-state index is 13.0. The molecule has 3 aromatic carbocycles. The Morgan fingerprint density at radius 1 is 0.964 bits per heavy atom. The van der Waals surface area contributed by atoms with Crippen LogP contribution in [0, 0.1) is 9.39 Å². The third kappa shape index (κ3) is 5.43. The van der Waals surface area contributed by atoms with E-state index in [-0.39, 0.29) is 5.82 Å². The van der Waals surface area contributed by atoms with Gasteiger partial charge in [-0.1, -0.05) is 35.3 Å². The highest BCUT2D eigenvalue weighted by Gasteiger charge is 2.12. The Morgan fingerprint density at radius 3 is 2.39 bits per heavy atom. The maximum absolute atomic E-state index is 13.0. The summed E-state index contributed by atoms with van der Waals surface area (Å²) in [5.41, 5.74) is 2.78. The number of hydrogen-bond donors (Lipinski definition) is 1. The number of halogens is 4. The van der Waals surface area contributed by atoms with Crippen LogP contribution in [0.3, 0.4) is 0 Å². The van der Waals surface area contributed by atoms with Crippen LogP contribution in [0.25, 0.3) is 0 Å². The summed E-state index contributed by atoms with van der Waals surface area (Å²) in [5, 5.41) is 4.33. The van der Waals surface area contributed by atoms with Crippen molar-refractivity contribution in [3.63, 3.8) is 0 Å². The van der Waals surface area contributed by atoms with Gasteiger partial charge in [-0.15, -0.1) is 0 Å². The molecule has 0 radical (unpaired) electrons. The molecule has 0 spiro atoms. The van der Waals surface area contributed by atoms with E-state index in [4.69, 9.17) is 32.7 Å². The Balaban J connectivity index is 1.71. The fraction of sp³-hybridized carbons (Fsp3) is 0.143. The topological polar surface area (TPSA) is 30.5 Å². The SMILES string of the molecule is COc1cc(CNc2ccc(Cl)c(Cl)c2)cc(I)c1OCc1ccc(F)cc1. The lowest BCUT2D eigenvalue weighted by Crippen LogP contribution is -2.03. The molecule has 0 fully saturated rings. The first-order valence-corrected chi connectivity index (χ1v) is 10.2. The minimum Gasteiger partial charge on any atom is -0.493 e. The predicted molar refractivity (Wildman–Crippen MR) is 120 cm³/mol. The lowest BCUT2D eigenvalue weighted by molar-refractivity contribution is 0.282. The van der Waals surface area contributed by atoms with E-state index in [1.54, 1.807) is 31.4 Å². The van der Waals surface area contributed by atoms with Crippen molar-refractivity contribution in [3.05, 3.63) is 85.2 Å². The minimum atomic E-state index is -0.269. The van der Waals surface area contributed by atoms with Crippen LogP contribution in [0.15, 0.2) is 54.6 Å². The fourth-order valence-electron chi connectivity index (χ4n) is 2.56. The molecule has 0 bridgehead atoms. The van der Waals surface area contributed by atoms with Gasteiger partial charge in [0, 0.05) is 12.2 Å². The molecule has 0 aliphatic rings. The van der Waals surface area contributed by atoms with Crippen LogP contribution < -0.4 is 14.8 Å². The highest BCUT2D eigenvalue weighted by atomic mass is 127. The maximum Gasteiger partial charge on any atom is 0.174 e. The van der Waals surface area contributed by atoms with Crippen molar-refractivity contribution in [1.82, 2.24) is 0 Å². The van der Waals surface area contributed by atoms with Crippen molar-refractivity contribution in [2.75, 3.05) is 12.4 Å². The van der Waals surface area contributed by atoms with Crippen LogP contribution in [-0.4, -0.2) is 7.11 Å². The van der Waals surface area contributed by atoms with Crippen LogP contribution in [0.5, 0.6) is 11.5 Å². The van der Waals surface area contributed by atoms with Gasteiger partial charge >= 0.3 is 0 Å². The van der Waals surface area contributed by atoms with E-state index in [2.05, 4.69) is 27.9 Å². The first-order chi connectivity index (χ1) is 13.5. The van der Waals surface area contributed by atoms with Crippen LogP contribution in [0.1, 0.15) is 11.1 Å². The standard InChI is InChI=1S/C21H17Cl2FINO2/c1-27-20-9-14(11-26-16-6-7-17(22)18(23)10-16)8-19(25)21(20)28-12-13-2-4-15(24)5-3-13/h2-10,26H,11-12H2,1H3. The molecule has 0 amide bonds. The van der Waals surface area contributed by atoms with Crippen LogP contribution in [0.2, 0.25) is 10.0 Å². The number of benzene rings is 3. The van der Waals surface area contributed by atoms with E-state index in [0.717, 1.165) is 20.4 Å². The monoisotopic (exact) mass is 531 g/mol. The number of nitrogens with one attached hydrogen (secondary N) is 1. The Bertz CT molecular complexity index is 967. The van der Waals surface area contributed by atoms with Crippen LogP contribution in [0.4, 0.5) is 10.1 Å². The van der Waals surface area contributed by atoms with E-state index < -0.39 is 0 Å². The summed E-state index contributed by atoms with van der Waals surface area (Å²) in [6, 6.07) is 15.6. The lowest BCUT2D eigenvalue weighted by atomic mass is 10.2. The second kappa shape index (κ2) is 9.67. The molecular weight excluding hydrogens is 515 g/mol. The van der Waals surface area contributed by atoms with Crippen LogP contribution >= 0.6 is 45.8 Å². The van der Waals surface area contributed by atoms with Gasteiger partial charge in [0.2, 0.25) is 0 Å². The highest BCUT2D eigenvalue weighted by Crippen LogP contribution is 2.35. The zero-order valence-corrected chi connectivity index (χ0v) is 18.6. The summed E-state index contributed by atoms with van der Waals surface area (Å²) in [5.74, 6) is 1.03. The number of anilines is 1. The Labute approximate surface area is 186 Å². The lowest BCUT2D eigenvalue weighted by Gasteiger charge is -2.15. The summed E-state index contributed by atoms with van der Waals surface area (Å²) >= 11 is 14.2. The minimum absolute atomic E-state index is 0.269. The van der Waals surface area contributed by atoms with Gasteiger partial charge in [-0.05, 0) is 76.2 Å². The molecule has 0 aromatic heterocycles. The molecule has 0 saturated carbocycles. The smallest absolute Gasteiger partial charge is 0.174 e. The second-order valence-corrected chi connectivity index (χ2v) is 7.98. The Morgan fingerprint density at radius 2 is 1.71 bits per heavy atom. The molecule has 0 heterocycles. The summed E-state index contributed by atoms with van der Waals surface area (Å²) in [6.07, 6.45) is 0.